The van der Waals surface area contributed by atoms with Gasteiger partial charge in [0, 0.05) is 0 Å². The van der Waals surface area contributed by atoms with Crippen LogP contribution in [0.2, 0.25) is 0 Å². The summed E-state index contributed by atoms with van der Waals surface area (Å²) in [5, 5.41) is 0. The Morgan fingerprint density at radius 2 is 2.05 bits per heavy atom. The van der Waals surface area contributed by atoms with E-state index in [0.717, 1.165) is 12.3 Å². The van der Waals surface area contributed by atoms with Crippen molar-refractivity contribution in [1.29, 1.82) is 0 Å². The Morgan fingerprint density at radius 3 is 2.68 bits per heavy atom. The number of benzene rings is 1. The van der Waals surface area contributed by atoms with Crippen LogP contribution in [-0.4, -0.2) is 6.54 Å². The van der Waals surface area contributed by atoms with Gasteiger partial charge in [-0.05, 0) is 79.7 Å². The van der Waals surface area contributed by atoms with Crippen LogP contribution < -0.4 is 5.73 Å². The van der Waals surface area contributed by atoms with Crippen LogP contribution in [0.1, 0.15) is 50.2 Å². The smallest absolute Gasteiger partial charge is 0.123 e. The minimum atomic E-state index is -0.122. The monoisotopic (exact) mass is 263 g/mol. The summed E-state index contributed by atoms with van der Waals surface area (Å²) in [6.45, 7) is 7.39. The molecule has 1 fully saturated rings. The first-order valence-electron chi connectivity index (χ1n) is 7.49. The van der Waals surface area contributed by atoms with Crippen LogP contribution in [0.25, 0.3) is 0 Å². The van der Waals surface area contributed by atoms with Crippen molar-refractivity contribution >= 4 is 0 Å². The Balaban J connectivity index is 2.29. The molecule has 2 heteroatoms. The molecule has 0 saturated heterocycles. The van der Waals surface area contributed by atoms with Gasteiger partial charge in [-0.15, -0.1) is 0 Å². The van der Waals surface area contributed by atoms with E-state index in [1.165, 1.54) is 24.0 Å². The first kappa shape index (κ1) is 14.5. The van der Waals surface area contributed by atoms with Crippen LogP contribution in [0.4, 0.5) is 4.39 Å². The van der Waals surface area contributed by atoms with Gasteiger partial charge in [0.1, 0.15) is 5.82 Å². The van der Waals surface area contributed by atoms with E-state index in [1.807, 2.05) is 6.07 Å². The van der Waals surface area contributed by atoms with E-state index in [9.17, 15) is 4.39 Å². The second-order valence-electron chi connectivity index (χ2n) is 6.42. The fourth-order valence-electron chi connectivity index (χ4n) is 3.55. The van der Waals surface area contributed by atoms with Crippen molar-refractivity contribution in [3.05, 3.63) is 35.1 Å². The molecule has 1 aliphatic rings. The molecule has 1 saturated carbocycles. The zero-order valence-corrected chi connectivity index (χ0v) is 12.3. The minimum Gasteiger partial charge on any atom is -0.330 e. The summed E-state index contributed by atoms with van der Waals surface area (Å²) < 4.78 is 13.6. The zero-order chi connectivity index (χ0) is 14.0. The molecule has 1 aromatic rings. The highest BCUT2D eigenvalue weighted by Gasteiger charge is 2.32. The lowest BCUT2D eigenvalue weighted by atomic mass is 9.67. The van der Waals surface area contributed by atoms with Gasteiger partial charge in [0.05, 0.1) is 0 Å². The maximum atomic E-state index is 13.6. The fraction of sp³-hybridized carbons (Fsp3) is 0.647. The molecule has 0 bridgehead atoms. The predicted octanol–water partition coefficient (Wildman–Crippen LogP) is 4.25. The van der Waals surface area contributed by atoms with Crippen molar-refractivity contribution in [3.63, 3.8) is 0 Å². The maximum absolute atomic E-state index is 13.6. The molecule has 0 aromatic heterocycles. The van der Waals surface area contributed by atoms with Gasteiger partial charge in [0.15, 0.2) is 0 Å². The molecule has 3 atom stereocenters. The van der Waals surface area contributed by atoms with Crippen LogP contribution in [-0.2, 0) is 0 Å². The topological polar surface area (TPSA) is 26.0 Å². The van der Waals surface area contributed by atoms with E-state index >= 15 is 0 Å². The number of rotatable bonds is 3. The molecule has 0 aliphatic heterocycles. The molecule has 0 radical (unpaired) electrons. The first-order chi connectivity index (χ1) is 9.02. The average molecular weight is 263 g/mol. The van der Waals surface area contributed by atoms with E-state index in [2.05, 4.69) is 20.8 Å². The lowest BCUT2D eigenvalue weighted by molar-refractivity contribution is 0.197. The standard InChI is InChI=1S/C17H26FN/c1-11(2)13-5-6-14(10-19)17(8-13)16-9-15(18)7-4-12(16)3/h4,7,9,11,13-14,17H,5-6,8,10,19H2,1-3H3. The zero-order valence-electron chi connectivity index (χ0n) is 12.3. The minimum absolute atomic E-state index is 0.122. The number of hydrogen-bond donors (Lipinski definition) is 1. The van der Waals surface area contributed by atoms with Gasteiger partial charge in [-0.3, -0.25) is 0 Å². The van der Waals surface area contributed by atoms with Crippen LogP contribution in [0.3, 0.4) is 0 Å². The third-order valence-electron chi connectivity index (χ3n) is 4.92. The van der Waals surface area contributed by atoms with Crippen molar-refractivity contribution in [2.45, 2.75) is 46.0 Å². The molecular weight excluding hydrogens is 237 g/mol. The molecule has 3 unspecified atom stereocenters. The molecule has 106 valence electrons. The van der Waals surface area contributed by atoms with Crippen molar-refractivity contribution in [3.8, 4) is 0 Å². The van der Waals surface area contributed by atoms with Gasteiger partial charge in [0.25, 0.3) is 0 Å². The van der Waals surface area contributed by atoms with Crippen LogP contribution in [0.15, 0.2) is 18.2 Å². The third-order valence-corrected chi connectivity index (χ3v) is 4.92. The molecule has 2 N–H and O–H groups in total. The SMILES string of the molecule is Cc1ccc(F)cc1C1CC(C(C)C)CCC1CN. The van der Waals surface area contributed by atoms with E-state index in [-0.39, 0.29) is 5.82 Å². The Bertz CT molecular complexity index is 427. The van der Waals surface area contributed by atoms with Gasteiger partial charge >= 0.3 is 0 Å². The van der Waals surface area contributed by atoms with Crippen molar-refractivity contribution < 1.29 is 4.39 Å². The highest BCUT2D eigenvalue weighted by Crippen LogP contribution is 2.43. The summed E-state index contributed by atoms with van der Waals surface area (Å²) in [6, 6.07) is 5.18. The summed E-state index contributed by atoms with van der Waals surface area (Å²) >= 11 is 0. The van der Waals surface area contributed by atoms with E-state index in [4.69, 9.17) is 5.73 Å². The number of aryl methyl sites for hydroxylation is 1. The van der Waals surface area contributed by atoms with Gasteiger partial charge < -0.3 is 5.73 Å². The molecule has 0 amide bonds. The molecule has 2 rings (SSSR count). The summed E-state index contributed by atoms with van der Waals surface area (Å²) in [5.74, 6) is 2.27. The Kier molecular flexibility index (Phi) is 4.62. The van der Waals surface area contributed by atoms with Crippen LogP contribution in [0, 0.1) is 30.5 Å². The van der Waals surface area contributed by atoms with E-state index in [1.54, 1.807) is 12.1 Å². The van der Waals surface area contributed by atoms with Gasteiger partial charge in [-0.25, -0.2) is 4.39 Å². The fourth-order valence-corrected chi connectivity index (χ4v) is 3.55. The normalized spacial score (nSPS) is 27.8. The summed E-state index contributed by atoms with van der Waals surface area (Å²) in [5.41, 5.74) is 8.33. The highest BCUT2D eigenvalue weighted by atomic mass is 19.1. The highest BCUT2D eigenvalue weighted by molar-refractivity contribution is 5.31. The van der Waals surface area contributed by atoms with Crippen molar-refractivity contribution in [2.24, 2.45) is 23.5 Å². The van der Waals surface area contributed by atoms with Crippen LogP contribution in [0.5, 0.6) is 0 Å². The number of halogens is 1. The molecule has 1 nitrogen and oxygen atoms in total. The second kappa shape index (κ2) is 6.04. The number of nitrogens with two attached hydrogens (primary N) is 1. The van der Waals surface area contributed by atoms with Crippen molar-refractivity contribution in [2.75, 3.05) is 6.54 Å². The average Bonchev–Trinajstić information content (AvgIpc) is 2.40. The molecule has 1 aliphatic carbocycles. The maximum Gasteiger partial charge on any atom is 0.123 e. The quantitative estimate of drug-likeness (QED) is 0.867. The Labute approximate surface area is 116 Å². The molecule has 1 aromatic carbocycles. The summed E-state index contributed by atoms with van der Waals surface area (Å²) in [7, 11) is 0. The lowest BCUT2D eigenvalue weighted by Crippen LogP contribution is -2.31. The largest absolute Gasteiger partial charge is 0.330 e. The Morgan fingerprint density at radius 1 is 1.32 bits per heavy atom. The molecule has 0 spiro atoms. The summed E-state index contributed by atoms with van der Waals surface area (Å²) in [4.78, 5) is 0. The molecule has 0 heterocycles. The van der Waals surface area contributed by atoms with Crippen LogP contribution >= 0.6 is 0 Å². The van der Waals surface area contributed by atoms with E-state index in [0.29, 0.717) is 24.3 Å². The van der Waals surface area contributed by atoms with Gasteiger partial charge in [-0.1, -0.05) is 19.9 Å². The molecule has 19 heavy (non-hydrogen) atoms. The second-order valence-corrected chi connectivity index (χ2v) is 6.42. The van der Waals surface area contributed by atoms with Gasteiger partial charge in [-0.2, -0.15) is 0 Å². The van der Waals surface area contributed by atoms with E-state index < -0.39 is 0 Å². The molecular formula is C17H26FN. The lowest BCUT2D eigenvalue weighted by Gasteiger charge is -2.38. The Hall–Kier alpha value is -0.890. The number of hydrogen-bond acceptors (Lipinski definition) is 1. The summed E-state index contributed by atoms with van der Waals surface area (Å²) in [6.07, 6.45) is 3.61. The van der Waals surface area contributed by atoms with Crippen molar-refractivity contribution in [1.82, 2.24) is 0 Å². The predicted molar refractivity (Wildman–Crippen MR) is 78.6 cm³/mol. The first-order valence-corrected chi connectivity index (χ1v) is 7.49. The third kappa shape index (κ3) is 3.17. The van der Waals surface area contributed by atoms with Gasteiger partial charge in [0.2, 0.25) is 0 Å².